The molecule has 1 aliphatic rings. The molecule has 1 amide bonds. The average molecular weight is 363 g/mol. The molecular formula is C18H20ClFN4O. The Hall–Kier alpha value is -2.21. The third kappa shape index (κ3) is 4.07. The molecule has 7 heteroatoms. The summed E-state index contributed by atoms with van der Waals surface area (Å²) in [5.41, 5.74) is 0.935. The van der Waals surface area contributed by atoms with Crippen LogP contribution in [0.2, 0.25) is 5.02 Å². The highest BCUT2D eigenvalue weighted by Gasteiger charge is 2.27. The molecule has 25 heavy (non-hydrogen) atoms. The minimum Gasteiger partial charge on any atom is -0.339 e. The molecule has 1 aliphatic heterocycles. The van der Waals surface area contributed by atoms with Gasteiger partial charge in [-0.2, -0.15) is 0 Å². The van der Waals surface area contributed by atoms with Crippen molar-refractivity contribution in [3.8, 4) is 0 Å². The fourth-order valence-electron chi connectivity index (χ4n) is 3.07. The number of rotatable bonds is 4. The number of piperidine rings is 1. The fraction of sp³-hybridized carbons (Fsp3) is 0.389. The first kappa shape index (κ1) is 17.6. The van der Waals surface area contributed by atoms with E-state index in [0.29, 0.717) is 17.2 Å². The maximum Gasteiger partial charge on any atom is 0.274 e. The third-order valence-corrected chi connectivity index (χ3v) is 4.72. The molecule has 0 saturated carbocycles. The van der Waals surface area contributed by atoms with Crippen LogP contribution in [-0.4, -0.2) is 33.6 Å². The topological polar surface area (TPSA) is 58.1 Å². The minimum atomic E-state index is -0.480. The smallest absolute Gasteiger partial charge is 0.274 e. The van der Waals surface area contributed by atoms with Gasteiger partial charge in [0.2, 0.25) is 0 Å². The van der Waals surface area contributed by atoms with Crippen LogP contribution in [0.4, 0.5) is 15.9 Å². The number of hydrogen-bond donors (Lipinski definition) is 1. The zero-order valence-corrected chi connectivity index (χ0v) is 14.8. The number of aromatic nitrogens is 2. The molecule has 5 nitrogen and oxygen atoms in total. The molecule has 2 heterocycles. The summed E-state index contributed by atoms with van der Waals surface area (Å²) >= 11 is 5.76. The molecule has 132 valence electrons. The van der Waals surface area contributed by atoms with Gasteiger partial charge in [-0.05, 0) is 56.0 Å². The van der Waals surface area contributed by atoms with Crippen molar-refractivity contribution in [2.75, 3.05) is 11.9 Å². The Labute approximate surface area is 151 Å². The van der Waals surface area contributed by atoms with E-state index in [0.717, 1.165) is 32.2 Å². The van der Waals surface area contributed by atoms with Crippen LogP contribution < -0.4 is 5.32 Å². The first-order valence-corrected chi connectivity index (χ1v) is 8.83. The Balaban J connectivity index is 1.71. The number of carbonyl (C=O) groups is 1. The zero-order chi connectivity index (χ0) is 17.8. The van der Waals surface area contributed by atoms with Crippen LogP contribution in [0.1, 0.15) is 43.1 Å². The summed E-state index contributed by atoms with van der Waals surface area (Å²) < 4.78 is 13.2. The van der Waals surface area contributed by atoms with Crippen molar-refractivity contribution >= 4 is 29.0 Å². The monoisotopic (exact) mass is 362 g/mol. The van der Waals surface area contributed by atoms with Gasteiger partial charge in [-0.15, -0.1) is 10.2 Å². The molecule has 1 aromatic heterocycles. The predicted octanol–water partition coefficient (Wildman–Crippen LogP) is 4.42. The minimum absolute atomic E-state index is 0.0282. The lowest BCUT2D eigenvalue weighted by Crippen LogP contribution is -2.43. The Kier molecular flexibility index (Phi) is 5.48. The van der Waals surface area contributed by atoms with Gasteiger partial charge < -0.3 is 10.2 Å². The largest absolute Gasteiger partial charge is 0.339 e. The van der Waals surface area contributed by atoms with Crippen molar-refractivity contribution in [3.63, 3.8) is 0 Å². The normalized spacial score (nSPS) is 17.4. The highest BCUT2D eigenvalue weighted by Crippen LogP contribution is 2.23. The molecule has 1 atom stereocenters. The lowest BCUT2D eigenvalue weighted by Gasteiger charge is -2.34. The number of nitrogens with one attached hydrogen (secondary N) is 1. The molecule has 1 N–H and O–H groups in total. The van der Waals surface area contributed by atoms with E-state index < -0.39 is 5.82 Å². The van der Waals surface area contributed by atoms with Gasteiger partial charge in [0.1, 0.15) is 5.82 Å². The van der Waals surface area contributed by atoms with Gasteiger partial charge in [-0.3, -0.25) is 4.79 Å². The molecule has 1 unspecified atom stereocenters. The van der Waals surface area contributed by atoms with E-state index in [1.165, 1.54) is 12.1 Å². The summed E-state index contributed by atoms with van der Waals surface area (Å²) in [5, 5.41) is 11.1. The molecule has 3 rings (SSSR count). The summed E-state index contributed by atoms with van der Waals surface area (Å²) in [6, 6.07) is 7.92. The zero-order valence-electron chi connectivity index (χ0n) is 14.0. The second kappa shape index (κ2) is 7.78. The molecular weight excluding hydrogens is 343 g/mol. The van der Waals surface area contributed by atoms with E-state index in [4.69, 9.17) is 11.6 Å². The summed E-state index contributed by atoms with van der Waals surface area (Å²) in [5.74, 6) is -0.0911. The van der Waals surface area contributed by atoms with Crippen molar-refractivity contribution in [1.29, 1.82) is 0 Å². The fourth-order valence-corrected chi connectivity index (χ4v) is 3.25. The lowest BCUT2D eigenvalue weighted by molar-refractivity contribution is 0.0601. The van der Waals surface area contributed by atoms with Crippen molar-refractivity contribution in [1.82, 2.24) is 15.1 Å². The first-order chi connectivity index (χ1) is 12.1. The predicted molar refractivity (Wildman–Crippen MR) is 95.7 cm³/mol. The van der Waals surface area contributed by atoms with E-state index in [9.17, 15) is 9.18 Å². The highest BCUT2D eigenvalue weighted by molar-refractivity contribution is 6.31. The van der Waals surface area contributed by atoms with Gasteiger partial charge >= 0.3 is 0 Å². The number of benzene rings is 1. The number of likely N-dealkylation sites (tertiary alicyclic amines) is 1. The molecule has 0 radical (unpaired) electrons. The maximum atomic E-state index is 13.2. The van der Waals surface area contributed by atoms with E-state index in [1.807, 2.05) is 4.90 Å². The van der Waals surface area contributed by atoms with Gasteiger partial charge in [-0.25, -0.2) is 4.39 Å². The lowest BCUT2D eigenvalue weighted by atomic mass is 9.99. The van der Waals surface area contributed by atoms with Crippen LogP contribution in [-0.2, 0) is 0 Å². The maximum absolute atomic E-state index is 13.2. The molecule has 0 aliphatic carbocycles. The number of hydrogen-bond acceptors (Lipinski definition) is 4. The van der Waals surface area contributed by atoms with Gasteiger partial charge in [0, 0.05) is 18.3 Å². The summed E-state index contributed by atoms with van der Waals surface area (Å²) in [6.45, 7) is 2.87. The molecule has 1 aromatic carbocycles. The van der Waals surface area contributed by atoms with Crippen LogP contribution in [0.5, 0.6) is 0 Å². The summed E-state index contributed by atoms with van der Waals surface area (Å²) in [4.78, 5) is 14.6. The number of anilines is 2. The third-order valence-electron chi connectivity index (χ3n) is 4.43. The Morgan fingerprint density at radius 2 is 2.16 bits per heavy atom. The van der Waals surface area contributed by atoms with Crippen LogP contribution >= 0.6 is 11.6 Å². The van der Waals surface area contributed by atoms with E-state index in [-0.39, 0.29) is 17.0 Å². The van der Waals surface area contributed by atoms with Crippen LogP contribution in [0.3, 0.4) is 0 Å². The molecule has 1 fully saturated rings. The molecule has 1 saturated heterocycles. The molecule has 0 spiro atoms. The van der Waals surface area contributed by atoms with Crippen molar-refractivity contribution in [2.24, 2.45) is 0 Å². The van der Waals surface area contributed by atoms with Crippen molar-refractivity contribution < 1.29 is 9.18 Å². The number of amides is 1. The van der Waals surface area contributed by atoms with E-state index >= 15 is 0 Å². The Morgan fingerprint density at radius 1 is 1.32 bits per heavy atom. The summed E-state index contributed by atoms with van der Waals surface area (Å²) in [7, 11) is 0. The summed E-state index contributed by atoms with van der Waals surface area (Å²) in [6.07, 6.45) is 4.18. The quantitative estimate of drug-likeness (QED) is 0.874. The van der Waals surface area contributed by atoms with Crippen LogP contribution in [0.25, 0.3) is 0 Å². The second-order valence-corrected chi connectivity index (χ2v) is 6.52. The Morgan fingerprint density at radius 3 is 2.84 bits per heavy atom. The average Bonchev–Trinajstić information content (AvgIpc) is 2.65. The van der Waals surface area contributed by atoms with E-state index in [1.54, 1.807) is 18.2 Å². The van der Waals surface area contributed by atoms with Crippen molar-refractivity contribution in [2.45, 2.75) is 38.6 Å². The first-order valence-electron chi connectivity index (χ1n) is 8.45. The van der Waals surface area contributed by atoms with Gasteiger partial charge in [0.05, 0.1) is 5.02 Å². The Bertz CT molecular complexity index is 753. The number of halogens is 2. The number of carbonyl (C=O) groups excluding carboxylic acids is 1. The highest BCUT2D eigenvalue weighted by atomic mass is 35.5. The number of nitrogens with zero attached hydrogens (tertiary/aromatic N) is 3. The van der Waals surface area contributed by atoms with Crippen LogP contribution in [0, 0.1) is 5.82 Å². The van der Waals surface area contributed by atoms with Crippen LogP contribution in [0.15, 0.2) is 30.3 Å². The van der Waals surface area contributed by atoms with Gasteiger partial charge in [-0.1, -0.05) is 18.5 Å². The second-order valence-electron chi connectivity index (χ2n) is 6.11. The van der Waals surface area contributed by atoms with Gasteiger partial charge in [0.15, 0.2) is 11.5 Å². The SMILES string of the molecule is CCC1CCCCN1C(=O)c1ccc(Nc2ccc(F)c(Cl)c2)nn1. The van der Waals surface area contributed by atoms with Crippen molar-refractivity contribution in [3.05, 3.63) is 46.9 Å². The van der Waals surface area contributed by atoms with E-state index in [2.05, 4.69) is 22.4 Å². The molecule has 0 bridgehead atoms. The standard InChI is InChI=1S/C18H20ClFN4O/c1-2-13-5-3-4-10-24(13)18(25)16-8-9-17(23-22-16)21-12-6-7-15(20)14(19)11-12/h6-9,11,13H,2-5,10H2,1H3,(H,21,23). The molecule has 2 aromatic rings. The van der Waals surface area contributed by atoms with Gasteiger partial charge in [0.25, 0.3) is 5.91 Å².